The molecule has 7 heteroatoms. The van der Waals surface area contributed by atoms with Gasteiger partial charge >= 0.3 is 0 Å². The van der Waals surface area contributed by atoms with E-state index in [-0.39, 0.29) is 17.4 Å². The fourth-order valence-corrected chi connectivity index (χ4v) is 4.73. The lowest BCUT2D eigenvalue weighted by Gasteiger charge is -2.25. The number of anilines is 1. The molecular weight excluding hydrogens is 468 g/mol. The average Bonchev–Trinajstić information content (AvgIpc) is 3.42. The average molecular weight is 497 g/mol. The van der Waals surface area contributed by atoms with Crippen molar-refractivity contribution in [3.05, 3.63) is 95.7 Å². The smallest absolute Gasteiger partial charge is 0.300 e. The number of aromatic nitrogens is 1. The summed E-state index contributed by atoms with van der Waals surface area (Å²) in [7, 11) is 0. The Morgan fingerprint density at radius 3 is 2.49 bits per heavy atom. The molecule has 2 N–H and O–H groups in total. The van der Waals surface area contributed by atoms with Crippen molar-refractivity contribution in [1.29, 1.82) is 0 Å². The number of nitrogens with one attached hydrogen (secondary N) is 1. The zero-order valence-electron chi connectivity index (χ0n) is 20.9. The molecule has 0 radical (unpaired) electrons. The molecule has 0 saturated carbocycles. The van der Waals surface area contributed by atoms with Crippen LogP contribution in [0.1, 0.15) is 37.9 Å². The number of fused-ring (bicyclic) bond motifs is 1. The maximum atomic E-state index is 13.5. The van der Waals surface area contributed by atoms with E-state index >= 15 is 0 Å². The molecule has 1 amide bonds. The molecule has 0 spiro atoms. The van der Waals surface area contributed by atoms with Crippen molar-refractivity contribution in [3.8, 4) is 11.5 Å². The molecule has 1 aromatic heterocycles. The Kier molecular flexibility index (Phi) is 6.44. The zero-order chi connectivity index (χ0) is 26.1. The van der Waals surface area contributed by atoms with Crippen LogP contribution in [0.3, 0.4) is 0 Å². The molecule has 7 nitrogen and oxygen atoms in total. The van der Waals surface area contributed by atoms with Crippen molar-refractivity contribution in [2.75, 3.05) is 11.5 Å². The first kappa shape index (κ1) is 24.2. The Bertz CT molecular complexity index is 1500. The van der Waals surface area contributed by atoms with Crippen LogP contribution in [0.5, 0.6) is 11.5 Å². The number of aromatic amines is 1. The number of amides is 1. The highest BCUT2D eigenvalue weighted by molar-refractivity contribution is 6.51. The Labute approximate surface area is 214 Å². The van der Waals surface area contributed by atoms with Gasteiger partial charge in [-0.25, -0.2) is 0 Å². The monoisotopic (exact) mass is 496 g/mol. The summed E-state index contributed by atoms with van der Waals surface area (Å²) >= 11 is 0. The Morgan fingerprint density at radius 2 is 1.76 bits per heavy atom. The number of para-hydroxylation sites is 1. The number of carbonyl (C=O) groups excluding carboxylic acids is 2. The van der Waals surface area contributed by atoms with Crippen molar-refractivity contribution in [1.82, 2.24) is 4.98 Å². The highest BCUT2D eigenvalue weighted by atomic mass is 16.5. The minimum Gasteiger partial charge on any atom is -0.507 e. The minimum absolute atomic E-state index is 0.0188. The molecule has 1 saturated heterocycles. The number of ether oxygens (including phenoxy) is 2. The van der Waals surface area contributed by atoms with E-state index in [0.29, 0.717) is 34.9 Å². The van der Waals surface area contributed by atoms with Gasteiger partial charge < -0.3 is 19.6 Å². The number of benzene rings is 3. The van der Waals surface area contributed by atoms with Gasteiger partial charge in [-0.1, -0.05) is 30.3 Å². The molecule has 3 aromatic carbocycles. The van der Waals surface area contributed by atoms with Gasteiger partial charge in [0.05, 0.1) is 24.3 Å². The van der Waals surface area contributed by atoms with Crippen molar-refractivity contribution in [3.63, 3.8) is 0 Å². The predicted octanol–water partition coefficient (Wildman–Crippen LogP) is 5.98. The van der Waals surface area contributed by atoms with Gasteiger partial charge in [-0.3, -0.25) is 14.5 Å². The summed E-state index contributed by atoms with van der Waals surface area (Å²) < 4.78 is 11.3. The standard InChI is InChI=1S/C30H28N2O5/c1-4-36-21-14-12-20(13-15-21)32-27(24-17-31-25-11-6-5-10-23(24)25)26(29(34)30(32)35)28(33)19-8-7-9-22(16-19)37-18(2)3/h5-18,27,31,33H,4H2,1-3H3/b28-26+. The number of nitrogens with zero attached hydrogens (tertiary/aromatic N) is 1. The van der Waals surface area contributed by atoms with Crippen LogP contribution in [-0.2, 0) is 9.59 Å². The molecule has 5 rings (SSSR count). The summed E-state index contributed by atoms with van der Waals surface area (Å²) in [5, 5.41) is 12.3. The molecule has 1 aliphatic rings. The molecule has 0 bridgehead atoms. The molecule has 1 atom stereocenters. The SMILES string of the molecule is CCOc1ccc(N2C(=O)C(=O)/C(=C(/O)c3cccc(OC(C)C)c3)C2c2c[nH]c3ccccc23)cc1. The van der Waals surface area contributed by atoms with E-state index in [4.69, 9.17) is 9.47 Å². The minimum atomic E-state index is -0.844. The maximum absolute atomic E-state index is 13.5. The van der Waals surface area contributed by atoms with Crippen molar-refractivity contribution in [2.24, 2.45) is 0 Å². The second kappa shape index (κ2) is 9.85. The molecule has 1 unspecified atom stereocenters. The number of ketones is 1. The number of Topliss-reactive ketones (excluding diaryl/α,β-unsaturated/α-hetero) is 1. The zero-order valence-corrected chi connectivity index (χ0v) is 20.9. The van der Waals surface area contributed by atoms with Crippen LogP contribution in [-0.4, -0.2) is 34.5 Å². The van der Waals surface area contributed by atoms with E-state index in [1.165, 1.54) is 4.90 Å². The predicted molar refractivity (Wildman–Crippen MR) is 143 cm³/mol. The Morgan fingerprint density at radius 1 is 1.00 bits per heavy atom. The third-order valence-electron chi connectivity index (χ3n) is 6.27. The number of rotatable bonds is 7. The van der Waals surface area contributed by atoms with Gasteiger partial charge in [0, 0.05) is 33.9 Å². The van der Waals surface area contributed by atoms with Gasteiger partial charge in [-0.2, -0.15) is 0 Å². The molecule has 188 valence electrons. The molecule has 2 heterocycles. The van der Waals surface area contributed by atoms with E-state index in [9.17, 15) is 14.7 Å². The first-order valence-electron chi connectivity index (χ1n) is 12.3. The highest BCUT2D eigenvalue weighted by Crippen LogP contribution is 2.44. The summed E-state index contributed by atoms with van der Waals surface area (Å²) in [5.41, 5.74) is 2.51. The normalized spacial score (nSPS) is 17.1. The third-order valence-corrected chi connectivity index (χ3v) is 6.27. The first-order valence-corrected chi connectivity index (χ1v) is 12.3. The lowest BCUT2D eigenvalue weighted by molar-refractivity contribution is -0.132. The van der Waals surface area contributed by atoms with Gasteiger partial charge in [-0.15, -0.1) is 0 Å². The number of hydrogen-bond donors (Lipinski definition) is 2. The van der Waals surface area contributed by atoms with Gasteiger partial charge in [-0.05, 0) is 63.2 Å². The topological polar surface area (TPSA) is 91.9 Å². The van der Waals surface area contributed by atoms with Gasteiger partial charge in [0.2, 0.25) is 0 Å². The fourth-order valence-electron chi connectivity index (χ4n) is 4.73. The summed E-state index contributed by atoms with van der Waals surface area (Å²) in [6.45, 7) is 6.22. The first-order chi connectivity index (χ1) is 17.9. The Balaban J connectivity index is 1.70. The number of aliphatic hydroxyl groups is 1. The fraction of sp³-hybridized carbons (Fsp3) is 0.200. The van der Waals surface area contributed by atoms with Crippen LogP contribution in [0, 0.1) is 0 Å². The molecule has 37 heavy (non-hydrogen) atoms. The van der Waals surface area contributed by atoms with E-state index in [0.717, 1.165) is 10.9 Å². The molecular formula is C30H28N2O5. The van der Waals surface area contributed by atoms with Crippen molar-refractivity contribution >= 4 is 34.0 Å². The maximum Gasteiger partial charge on any atom is 0.300 e. The number of hydrogen-bond acceptors (Lipinski definition) is 5. The van der Waals surface area contributed by atoms with Gasteiger partial charge in [0.1, 0.15) is 17.3 Å². The molecule has 0 aliphatic carbocycles. The number of aliphatic hydroxyl groups excluding tert-OH is 1. The third kappa shape index (κ3) is 4.44. The van der Waals surface area contributed by atoms with Crippen LogP contribution in [0.25, 0.3) is 16.7 Å². The van der Waals surface area contributed by atoms with Crippen LogP contribution in [0.2, 0.25) is 0 Å². The quantitative estimate of drug-likeness (QED) is 0.187. The largest absolute Gasteiger partial charge is 0.507 e. The van der Waals surface area contributed by atoms with E-state index in [1.54, 1.807) is 54.7 Å². The second-order valence-corrected chi connectivity index (χ2v) is 9.08. The van der Waals surface area contributed by atoms with Crippen LogP contribution >= 0.6 is 0 Å². The van der Waals surface area contributed by atoms with Crippen LogP contribution in [0.15, 0.2) is 84.6 Å². The Hall–Kier alpha value is -4.52. The summed E-state index contributed by atoms with van der Waals surface area (Å²) in [4.78, 5) is 31.7. The molecule has 4 aromatic rings. The summed E-state index contributed by atoms with van der Waals surface area (Å²) in [6, 6.07) is 20.7. The lowest BCUT2D eigenvalue weighted by Crippen LogP contribution is -2.29. The van der Waals surface area contributed by atoms with Crippen LogP contribution < -0.4 is 14.4 Å². The van der Waals surface area contributed by atoms with Crippen molar-refractivity contribution in [2.45, 2.75) is 32.9 Å². The summed E-state index contributed by atoms with van der Waals surface area (Å²) in [6.07, 6.45) is 1.72. The van der Waals surface area contributed by atoms with Crippen molar-refractivity contribution < 1.29 is 24.2 Å². The summed E-state index contributed by atoms with van der Waals surface area (Å²) in [5.74, 6) is -0.499. The van der Waals surface area contributed by atoms with Gasteiger partial charge in [0.15, 0.2) is 0 Å². The van der Waals surface area contributed by atoms with E-state index < -0.39 is 17.7 Å². The van der Waals surface area contributed by atoms with E-state index in [1.807, 2.05) is 45.0 Å². The second-order valence-electron chi connectivity index (χ2n) is 9.08. The van der Waals surface area contributed by atoms with Gasteiger partial charge in [0.25, 0.3) is 11.7 Å². The molecule has 1 fully saturated rings. The van der Waals surface area contributed by atoms with E-state index in [2.05, 4.69) is 4.98 Å². The number of carbonyl (C=O) groups is 2. The highest BCUT2D eigenvalue weighted by Gasteiger charge is 2.47. The van der Waals surface area contributed by atoms with Crippen LogP contribution in [0.4, 0.5) is 5.69 Å². The molecule has 1 aliphatic heterocycles. The lowest BCUT2D eigenvalue weighted by atomic mass is 9.94. The number of H-pyrrole nitrogens is 1.